The van der Waals surface area contributed by atoms with Gasteiger partial charge in [0.2, 0.25) is 0 Å². The number of nitrogens with zero attached hydrogens (tertiary/aromatic N) is 1. The third kappa shape index (κ3) is 2.83. The van der Waals surface area contributed by atoms with E-state index in [9.17, 15) is 4.79 Å². The Labute approximate surface area is 114 Å². The number of nitrogens with two attached hydrogens (primary N) is 1. The van der Waals surface area contributed by atoms with E-state index in [1.807, 2.05) is 4.90 Å². The Morgan fingerprint density at radius 3 is 2.79 bits per heavy atom. The third-order valence-corrected chi connectivity index (χ3v) is 3.83. The molecule has 0 radical (unpaired) electrons. The zero-order chi connectivity index (χ0) is 14.0. The number of amides is 1. The lowest BCUT2D eigenvalue weighted by molar-refractivity contribution is 0.0571. The minimum Gasteiger partial charge on any atom is -0.496 e. The molecule has 104 valence electrons. The van der Waals surface area contributed by atoms with Gasteiger partial charge in [-0.3, -0.25) is 4.79 Å². The van der Waals surface area contributed by atoms with Crippen LogP contribution in [0.2, 0.25) is 0 Å². The maximum Gasteiger partial charge on any atom is 0.257 e. The highest BCUT2D eigenvalue weighted by molar-refractivity contribution is 5.97. The van der Waals surface area contributed by atoms with Crippen molar-refractivity contribution in [1.29, 1.82) is 0 Å². The summed E-state index contributed by atoms with van der Waals surface area (Å²) in [6.45, 7) is 5.10. The molecule has 2 N–H and O–H groups in total. The number of piperidine rings is 1. The summed E-state index contributed by atoms with van der Waals surface area (Å²) in [4.78, 5) is 14.6. The molecule has 1 heterocycles. The van der Waals surface area contributed by atoms with Crippen LogP contribution in [-0.2, 0) is 0 Å². The molecule has 0 aromatic heterocycles. The first-order valence-corrected chi connectivity index (χ1v) is 6.77. The SMILES string of the molecule is COc1cc(N)ccc1C(=O)N1CC(C)CCC1C. The Morgan fingerprint density at radius 2 is 2.11 bits per heavy atom. The van der Waals surface area contributed by atoms with E-state index in [1.54, 1.807) is 25.3 Å². The molecule has 2 unspecified atom stereocenters. The molecule has 1 aromatic rings. The van der Waals surface area contributed by atoms with Crippen LogP contribution in [0.15, 0.2) is 18.2 Å². The summed E-state index contributed by atoms with van der Waals surface area (Å²) in [5, 5.41) is 0. The van der Waals surface area contributed by atoms with Crippen LogP contribution in [0.4, 0.5) is 5.69 Å². The molecule has 2 rings (SSSR count). The number of benzene rings is 1. The second-order valence-corrected chi connectivity index (χ2v) is 5.45. The van der Waals surface area contributed by atoms with Gasteiger partial charge in [-0.05, 0) is 37.8 Å². The maximum atomic E-state index is 12.7. The summed E-state index contributed by atoms with van der Waals surface area (Å²) in [5.74, 6) is 1.14. The fraction of sp³-hybridized carbons (Fsp3) is 0.533. The molecule has 4 heteroatoms. The minimum atomic E-state index is 0.0379. The number of hydrogen-bond acceptors (Lipinski definition) is 3. The maximum absolute atomic E-state index is 12.7. The van der Waals surface area contributed by atoms with Gasteiger partial charge >= 0.3 is 0 Å². The molecule has 2 atom stereocenters. The van der Waals surface area contributed by atoms with Crippen LogP contribution in [0.3, 0.4) is 0 Å². The van der Waals surface area contributed by atoms with Crippen LogP contribution >= 0.6 is 0 Å². The zero-order valence-corrected chi connectivity index (χ0v) is 11.8. The van der Waals surface area contributed by atoms with Crippen molar-refractivity contribution in [3.8, 4) is 5.75 Å². The summed E-state index contributed by atoms with van der Waals surface area (Å²) in [6, 6.07) is 5.48. The normalized spacial score (nSPS) is 23.2. The molecule has 1 amide bonds. The first-order valence-electron chi connectivity index (χ1n) is 6.77. The van der Waals surface area contributed by atoms with Gasteiger partial charge in [0.1, 0.15) is 5.75 Å². The van der Waals surface area contributed by atoms with Gasteiger partial charge in [0.25, 0.3) is 5.91 Å². The highest BCUT2D eigenvalue weighted by Gasteiger charge is 2.29. The van der Waals surface area contributed by atoms with Crippen LogP contribution in [0.5, 0.6) is 5.75 Å². The van der Waals surface area contributed by atoms with Crippen molar-refractivity contribution >= 4 is 11.6 Å². The lowest BCUT2D eigenvalue weighted by Gasteiger charge is -2.37. The Balaban J connectivity index is 2.28. The van der Waals surface area contributed by atoms with E-state index in [4.69, 9.17) is 10.5 Å². The average Bonchev–Trinajstić information content (AvgIpc) is 2.40. The van der Waals surface area contributed by atoms with E-state index < -0.39 is 0 Å². The van der Waals surface area contributed by atoms with E-state index in [2.05, 4.69) is 13.8 Å². The summed E-state index contributed by atoms with van der Waals surface area (Å²) in [7, 11) is 1.56. The largest absolute Gasteiger partial charge is 0.496 e. The number of nitrogen functional groups attached to an aromatic ring is 1. The topological polar surface area (TPSA) is 55.6 Å². The minimum absolute atomic E-state index is 0.0379. The monoisotopic (exact) mass is 262 g/mol. The molecule has 1 saturated heterocycles. The lowest BCUT2D eigenvalue weighted by Crippen LogP contribution is -2.45. The molecule has 1 aliphatic heterocycles. The fourth-order valence-corrected chi connectivity index (χ4v) is 2.61. The number of carbonyl (C=O) groups excluding carboxylic acids is 1. The third-order valence-electron chi connectivity index (χ3n) is 3.83. The molecule has 19 heavy (non-hydrogen) atoms. The molecular formula is C15H22N2O2. The van der Waals surface area contributed by atoms with E-state index in [-0.39, 0.29) is 11.9 Å². The molecule has 1 fully saturated rings. The molecule has 0 aliphatic carbocycles. The number of ether oxygens (including phenoxy) is 1. The predicted molar refractivity (Wildman–Crippen MR) is 76.3 cm³/mol. The van der Waals surface area contributed by atoms with E-state index >= 15 is 0 Å². The summed E-state index contributed by atoms with van der Waals surface area (Å²) in [6.07, 6.45) is 2.24. The zero-order valence-electron chi connectivity index (χ0n) is 11.8. The van der Waals surface area contributed by atoms with Gasteiger partial charge in [0.05, 0.1) is 12.7 Å². The number of likely N-dealkylation sites (tertiary alicyclic amines) is 1. The van der Waals surface area contributed by atoms with Crippen molar-refractivity contribution in [3.63, 3.8) is 0 Å². The van der Waals surface area contributed by atoms with Crippen LogP contribution in [0, 0.1) is 5.92 Å². The van der Waals surface area contributed by atoms with Crippen molar-refractivity contribution in [2.45, 2.75) is 32.7 Å². The van der Waals surface area contributed by atoms with Gasteiger partial charge in [0, 0.05) is 24.3 Å². The van der Waals surface area contributed by atoms with Gasteiger partial charge in [-0.25, -0.2) is 0 Å². The Bertz CT molecular complexity index is 473. The van der Waals surface area contributed by atoms with Crippen molar-refractivity contribution in [2.75, 3.05) is 19.4 Å². The quantitative estimate of drug-likeness (QED) is 0.833. The van der Waals surface area contributed by atoms with Crippen molar-refractivity contribution in [2.24, 2.45) is 5.92 Å². The highest BCUT2D eigenvalue weighted by Crippen LogP contribution is 2.27. The molecule has 0 saturated carbocycles. The van der Waals surface area contributed by atoms with Crippen LogP contribution < -0.4 is 10.5 Å². The predicted octanol–water partition coefficient (Wildman–Crippen LogP) is 2.54. The van der Waals surface area contributed by atoms with Crippen LogP contribution in [0.25, 0.3) is 0 Å². The molecule has 1 aliphatic rings. The average molecular weight is 262 g/mol. The van der Waals surface area contributed by atoms with Gasteiger partial charge in [-0.15, -0.1) is 0 Å². The number of anilines is 1. The molecule has 0 bridgehead atoms. The van der Waals surface area contributed by atoms with Crippen LogP contribution in [0.1, 0.15) is 37.0 Å². The summed E-state index contributed by atoms with van der Waals surface area (Å²) in [5.41, 5.74) is 6.93. The first-order chi connectivity index (χ1) is 9.02. The smallest absolute Gasteiger partial charge is 0.257 e. The number of carbonyl (C=O) groups is 1. The Morgan fingerprint density at radius 1 is 1.37 bits per heavy atom. The van der Waals surface area contributed by atoms with Crippen LogP contribution in [-0.4, -0.2) is 30.5 Å². The molecule has 0 spiro atoms. The second kappa shape index (κ2) is 5.51. The summed E-state index contributed by atoms with van der Waals surface area (Å²) >= 11 is 0. The lowest BCUT2D eigenvalue weighted by atomic mass is 9.94. The fourth-order valence-electron chi connectivity index (χ4n) is 2.61. The second-order valence-electron chi connectivity index (χ2n) is 5.45. The van der Waals surface area contributed by atoms with E-state index in [0.29, 0.717) is 22.9 Å². The first kappa shape index (κ1) is 13.7. The molecular weight excluding hydrogens is 240 g/mol. The standard InChI is InChI=1S/C15H22N2O2/c1-10-4-5-11(2)17(9-10)15(18)13-7-6-12(16)8-14(13)19-3/h6-8,10-11H,4-5,9,16H2,1-3H3. The van der Waals surface area contributed by atoms with E-state index in [0.717, 1.165) is 13.0 Å². The Hall–Kier alpha value is -1.71. The van der Waals surface area contributed by atoms with Gasteiger partial charge in [-0.1, -0.05) is 6.92 Å². The number of rotatable bonds is 2. The van der Waals surface area contributed by atoms with Crippen molar-refractivity contribution < 1.29 is 9.53 Å². The van der Waals surface area contributed by atoms with Gasteiger partial charge in [0.15, 0.2) is 0 Å². The van der Waals surface area contributed by atoms with E-state index in [1.165, 1.54) is 6.42 Å². The highest BCUT2D eigenvalue weighted by atomic mass is 16.5. The van der Waals surface area contributed by atoms with Crippen molar-refractivity contribution in [3.05, 3.63) is 23.8 Å². The number of hydrogen-bond donors (Lipinski definition) is 1. The summed E-state index contributed by atoms with van der Waals surface area (Å²) < 4.78 is 5.27. The molecule has 1 aromatic carbocycles. The van der Waals surface area contributed by atoms with Gasteiger partial charge in [-0.2, -0.15) is 0 Å². The Kier molecular flexibility index (Phi) is 3.98. The van der Waals surface area contributed by atoms with Crippen molar-refractivity contribution in [1.82, 2.24) is 4.90 Å². The van der Waals surface area contributed by atoms with Gasteiger partial charge < -0.3 is 15.4 Å². The number of methoxy groups -OCH3 is 1. The molecule has 4 nitrogen and oxygen atoms in total.